The molecule has 0 spiro atoms. The monoisotopic (exact) mass is 429 g/mol. The van der Waals surface area contributed by atoms with E-state index in [1.54, 1.807) is 13.3 Å². The molecule has 4 heteroatoms. The van der Waals surface area contributed by atoms with E-state index in [2.05, 4.69) is 48.3 Å². The number of nitrogens with zero attached hydrogens (tertiary/aromatic N) is 1. The molecule has 0 heterocycles. The first-order chi connectivity index (χ1) is 15.2. The summed E-state index contributed by atoms with van der Waals surface area (Å²) in [4.78, 5) is 4.55. The van der Waals surface area contributed by atoms with E-state index in [0.29, 0.717) is 23.1 Å². The molecule has 0 atom stereocenters. The van der Waals surface area contributed by atoms with Crippen LogP contribution in [0.2, 0.25) is 5.02 Å². The summed E-state index contributed by atoms with van der Waals surface area (Å²) in [6.45, 7) is 2.53. The number of ether oxygens (including phenoxy) is 2. The molecule has 0 fully saturated rings. The molecule has 0 N–H and O–H groups in total. The van der Waals surface area contributed by atoms with Crippen LogP contribution in [0, 0.1) is 0 Å². The average Bonchev–Trinajstić information content (AvgIpc) is 2.82. The normalized spacial score (nSPS) is 11.2. The van der Waals surface area contributed by atoms with Gasteiger partial charge in [-0.15, -0.1) is 0 Å². The third kappa shape index (κ3) is 4.89. The molecule has 156 valence electrons. The molecule has 3 nitrogen and oxygen atoms in total. The quantitative estimate of drug-likeness (QED) is 0.286. The van der Waals surface area contributed by atoms with Gasteiger partial charge in [0.2, 0.25) is 0 Å². The molecule has 0 saturated heterocycles. The second-order valence-electron chi connectivity index (χ2n) is 7.24. The third-order valence-electron chi connectivity index (χ3n) is 5.21. The van der Waals surface area contributed by atoms with Crippen LogP contribution in [0.5, 0.6) is 11.5 Å². The molecule has 0 aliphatic carbocycles. The van der Waals surface area contributed by atoms with Crippen molar-refractivity contribution in [2.45, 2.75) is 20.0 Å². The Kier molecular flexibility index (Phi) is 6.54. The first-order valence-electron chi connectivity index (χ1n) is 10.3. The van der Waals surface area contributed by atoms with Gasteiger partial charge < -0.3 is 9.47 Å². The van der Waals surface area contributed by atoms with Crippen LogP contribution in [0.1, 0.15) is 23.6 Å². The predicted molar refractivity (Wildman–Crippen MR) is 129 cm³/mol. The number of aliphatic imine (C=N–C) groups is 1. The molecule has 0 aliphatic heterocycles. The molecular weight excluding hydrogens is 406 g/mol. The smallest absolute Gasteiger partial charge is 0.180 e. The van der Waals surface area contributed by atoms with Crippen molar-refractivity contribution in [3.8, 4) is 11.5 Å². The zero-order valence-electron chi connectivity index (χ0n) is 17.6. The summed E-state index contributed by atoms with van der Waals surface area (Å²) in [6.07, 6.45) is 2.79. The number of halogens is 1. The lowest BCUT2D eigenvalue weighted by Gasteiger charge is -2.14. The summed E-state index contributed by atoms with van der Waals surface area (Å²) in [5, 5.41) is 2.83. The van der Waals surface area contributed by atoms with Gasteiger partial charge in [0.25, 0.3) is 0 Å². The average molecular weight is 430 g/mol. The van der Waals surface area contributed by atoms with Gasteiger partial charge in [-0.3, -0.25) is 4.99 Å². The van der Waals surface area contributed by atoms with Crippen LogP contribution < -0.4 is 9.47 Å². The number of hydrogen-bond donors (Lipinski definition) is 0. The van der Waals surface area contributed by atoms with E-state index in [4.69, 9.17) is 21.1 Å². The highest BCUT2D eigenvalue weighted by Crippen LogP contribution is 2.37. The van der Waals surface area contributed by atoms with Crippen molar-refractivity contribution in [2.75, 3.05) is 7.11 Å². The number of rotatable bonds is 7. The second-order valence-corrected chi connectivity index (χ2v) is 7.65. The fraction of sp³-hybridized carbons (Fsp3) is 0.148. The van der Waals surface area contributed by atoms with Gasteiger partial charge in [0.05, 0.1) is 17.8 Å². The Hall–Kier alpha value is -3.30. The molecule has 0 aliphatic rings. The van der Waals surface area contributed by atoms with E-state index >= 15 is 0 Å². The Morgan fingerprint density at radius 1 is 0.935 bits per heavy atom. The van der Waals surface area contributed by atoms with E-state index in [1.165, 1.54) is 10.9 Å². The maximum atomic E-state index is 6.55. The second kappa shape index (κ2) is 9.67. The Morgan fingerprint density at radius 3 is 2.48 bits per heavy atom. The maximum absolute atomic E-state index is 6.55. The highest BCUT2D eigenvalue weighted by Gasteiger charge is 2.12. The Bertz CT molecular complexity index is 1210. The minimum absolute atomic E-state index is 0.397. The number of benzene rings is 4. The summed E-state index contributed by atoms with van der Waals surface area (Å²) < 4.78 is 11.6. The highest BCUT2D eigenvalue weighted by atomic mass is 35.5. The molecule has 0 amide bonds. The van der Waals surface area contributed by atoms with E-state index in [9.17, 15) is 0 Å². The molecule has 0 aromatic heterocycles. The largest absolute Gasteiger partial charge is 0.493 e. The number of fused-ring (bicyclic) bond motifs is 1. The Balaban J connectivity index is 1.55. The molecule has 0 bridgehead atoms. The van der Waals surface area contributed by atoms with Gasteiger partial charge in [-0.05, 0) is 58.1 Å². The summed E-state index contributed by atoms with van der Waals surface area (Å²) in [5.74, 6) is 1.11. The van der Waals surface area contributed by atoms with Crippen molar-refractivity contribution in [1.82, 2.24) is 0 Å². The van der Waals surface area contributed by atoms with E-state index in [0.717, 1.165) is 28.6 Å². The van der Waals surface area contributed by atoms with Crippen LogP contribution in [0.3, 0.4) is 0 Å². The first kappa shape index (κ1) is 21.0. The fourth-order valence-electron chi connectivity index (χ4n) is 3.49. The van der Waals surface area contributed by atoms with Crippen molar-refractivity contribution in [3.63, 3.8) is 0 Å². The van der Waals surface area contributed by atoms with E-state index in [1.807, 2.05) is 42.5 Å². The number of aryl methyl sites for hydroxylation is 1. The Morgan fingerprint density at radius 2 is 1.71 bits per heavy atom. The van der Waals surface area contributed by atoms with Crippen LogP contribution >= 0.6 is 11.6 Å². The molecule has 4 aromatic carbocycles. The van der Waals surface area contributed by atoms with Crippen LogP contribution in [-0.2, 0) is 13.0 Å². The van der Waals surface area contributed by atoms with Gasteiger partial charge in [-0.2, -0.15) is 0 Å². The van der Waals surface area contributed by atoms with Gasteiger partial charge in [0.1, 0.15) is 6.61 Å². The van der Waals surface area contributed by atoms with Crippen molar-refractivity contribution in [1.29, 1.82) is 0 Å². The standard InChI is InChI=1S/C27H24ClNO2/c1-3-19-11-13-23(14-12-19)29-17-20-15-25(28)27(26(16-20)30-2)31-18-22-9-6-8-21-7-4-5-10-24(21)22/h4-17H,3,18H2,1-2H3. The van der Waals surface area contributed by atoms with Gasteiger partial charge in [-0.1, -0.05) is 73.1 Å². The molecule has 31 heavy (non-hydrogen) atoms. The van der Waals surface area contributed by atoms with Crippen molar-refractivity contribution in [2.24, 2.45) is 4.99 Å². The lowest BCUT2D eigenvalue weighted by molar-refractivity contribution is 0.286. The third-order valence-corrected chi connectivity index (χ3v) is 5.49. The van der Waals surface area contributed by atoms with E-state index < -0.39 is 0 Å². The van der Waals surface area contributed by atoms with Crippen molar-refractivity contribution >= 4 is 34.3 Å². The van der Waals surface area contributed by atoms with E-state index in [-0.39, 0.29) is 0 Å². The minimum Gasteiger partial charge on any atom is -0.493 e. The molecule has 4 aromatic rings. The highest BCUT2D eigenvalue weighted by molar-refractivity contribution is 6.32. The van der Waals surface area contributed by atoms with Gasteiger partial charge in [0.15, 0.2) is 11.5 Å². The minimum atomic E-state index is 0.397. The molecule has 0 radical (unpaired) electrons. The molecular formula is C27H24ClNO2. The van der Waals surface area contributed by atoms with Crippen LogP contribution in [0.15, 0.2) is 83.9 Å². The van der Waals surface area contributed by atoms with Crippen LogP contribution in [0.25, 0.3) is 10.8 Å². The number of methoxy groups -OCH3 is 1. The lowest BCUT2D eigenvalue weighted by atomic mass is 10.1. The first-order valence-corrected chi connectivity index (χ1v) is 10.7. The fourth-order valence-corrected chi connectivity index (χ4v) is 3.76. The summed E-state index contributed by atoms with van der Waals surface area (Å²) in [7, 11) is 1.61. The van der Waals surface area contributed by atoms with Crippen molar-refractivity contribution < 1.29 is 9.47 Å². The van der Waals surface area contributed by atoms with Gasteiger partial charge in [0, 0.05) is 6.21 Å². The summed E-state index contributed by atoms with van der Waals surface area (Å²) in [6, 6.07) is 26.4. The lowest BCUT2D eigenvalue weighted by Crippen LogP contribution is -2.00. The van der Waals surface area contributed by atoms with Crippen LogP contribution in [0.4, 0.5) is 5.69 Å². The van der Waals surface area contributed by atoms with Crippen LogP contribution in [-0.4, -0.2) is 13.3 Å². The maximum Gasteiger partial charge on any atom is 0.180 e. The van der Waals surface area contributed by atoms with Crippen molar-refractivity contribution in [3.05, 3.63) is 101 Å². The summed E-state index contributed by atoms with van der Waals surface area (Å²) >= 11 is 6.55. The zero-order valence-corrected chi connectivity index (χ0v) is 18.4. The zero-order chi connectivity index (χ0) is 21.6. The summed E-state index contributed by atoms with van der Waals surface area (Å²) in [5.41, 5.74) is 4.12. The van der Waals surface area contributed by atoms with Gasteiger partial charge >= 0.3 is 0 Å². The predicted octanol–water partition coefficient (Wildman–Crippen LogP) is 7.39. The SMILES string of the molecule is CCc1ccc(N=Cc2cc(Cl)c(OCc3cccc4ccccc34)c(OC)c2)cc1. The molecule has 0 saturated carbocycles. The topological polar surface area (TPSA) is 30.8 Å². The number of hydrogen-bond acceptors (Lipinski definition) is 3. The Labute approximate surface area is 187 Å². The molecule has 4 rings (SSSR count). The molecule has 0 unspecified atom stereocenters. The van der Waals surface area contributed by atoms with Gasteiger partial charge in [-0.25, -0.2) is 0 Å².